The van der Waals surface area contributed by atoms with E-state index in [2.05, 4.69) is 83.0 Å². The van der Waals surface area contributed by atoms with Crippen molar-refractivity contribution in [2.24, 2.45) is 7.05 Å². The molecule has 0 bridgehead atoms. The number of rotatable bonds is 3. The summed E-state index contributed by atoms with van der Waals surface area (Å²) in [4.78, 5) is 2.12. The third-order valence-corrected chi connectivity index (χ3v) is 6.60. The van der Waals surface area contributed by atoms with E-state index in [0.717, 1.165) is 50.8 Å². The molecule has 0 amide bonds. The normalized spacial score (nSPS) is 12.0. The molecular formula is C31H26BN2O2+. The minimum Gasteiger partial charge on any atom is -0.485 e. The summed E-state index contributed by atoms with van der Waals surface area (Å²) in [5.41, 5.74) is 6.41. The maximum atomic E-state index is 6.80. The van der Waals surface area contributed by atoms with E-state index in [-0.39, 0.29) is 0 Å². The Balaban J connectivity index is 1.62. The first kappa shape index (κ1) is 22.0. The molecule has 0 atom stereocenters. The predicted molar refractivity (Wildman–Crippen MR) is 145 cm³/mol. The van der Waals surface area contributed by atoms with E-state index in [1.165, 1.54) is 0 Å². The van der Waals surface area contributed by atoms with Gasteiger partial charge in [0.25, 0.3) is 5.82 Å². The molecule has 36 heavy (non-hydrogen) atoms. The highest BCUT2D eigenvalue weighted by molar-refractivity contribution is 6.53. The lowest BCUT2D eigenvalue weighted by molar-refractivity contribution is -0.658. The summed E-state index contributed by atoms with van der Waals surface area (Å²) in [5, 5.41) is 0. The Morgan fingerprint density at radius 2 is 1.08 bits per heavy atom. The van der Waals surface area contributed by atoms with E-state index in [4.69, 9.17) is 9.31 Å². The molecule has 4 nitrogen and oxygen atoms in total. The molecule has 1 aromatic heterocycles. The summed E-state index contributed by atoms with van der Waals surface area (Å²) in [5.74, 6) is 2.48. The number of anilines is 2. The molecule has 4 aromatic carbocycles. The molecule has 6 rings (SSSR count). The second-order valence-corrected chi connectivity index (χ2v) is 8.91. The summed E-state index contributed by atoms with van der Waals surface area (Å²) in [6.45, 7) is 2.11. The largest absolute Gasteiger partial charge is 0.872 e. The second kappa shape index (κ2) is 9.27. The Hall–Kier alpha value is -4.51. The van der Waals surface area contributed by atoms with Crippen molar-refractivity contribution in [1.82, 2.24) is 0 Å². The van der Waals surface area contributed by atoms with Gasteiger partial charge in [-0.1, -0.05) is 84.9 Å². The van der Waals surface area contributed by atoms with Crippen LogP contribution in [0, 0.1) is 6.92 Å². The Labute approximate surface area is 212 Å². The van der Waals surface area contributed by atoms with Crippen LogP contribution in [0.3, 0.4) is 0 Å². The van der Waals surface area contributed by atoms with Crippen LogP contribution in [0.2, 0.25) is 0 Å². The molecular weight excluding hydrogens is 443 g/mol. The van der Waals surface area contributed by atoms with Gasteiger partial charge >= 0.3 is 7.25 Å². The van der Waals surface area contributed by atoms with Gasteiger partial charge in [0.05, 0.1) is 13.2 Å². The fourth-order valence-corrected chi connectivity index (χ4v) is 4.83. The standard InChI is InChI=1S/C31H26BN2O2/c1-23-13-3-8-18-28(23)34(31-21-11-12-22-33(31)2)32-35-29-19-9-6-16-26(29)24-14-4-5-15-25(24)27-17-7-10-20-30(27)36-32/h3-22H,1-2H3/q+1. The molecule has 0 radical (unpaired) electrons. The highest BCUT2D eigenvalue weighted by atomic mass is 16.6. The lowest BCUT2D eigenvalue weighted by atomic mass is 9.93. The van der Waals surface area contributed by atoms with Crippen molar-refractivity contribution in [2.75, 3.05) is 4.81 Å². The third-order valence-electron chi connectivity index (χ3n) is 6.60. The van der Waals surface area contributed by atoms with Crippen molar-refractivity contribution in [3.8, 4) is 33.8 Å². The average Bonchev–Trinajstić information content (AvgIpc) is 2.97. The quantitative estimate of drug-likeness (QED) is 0.216. The van der Waals surface area contributed by atoms with Gasteiger partial charge in [0.1, 0.15) is 17.2 Å². The minimum absolute atomic E-state index is 0.764. The topological polar surface area (TPSA) is 25.6 Å². The molecule has 5 heteroatoms. The number of benzene rings is 4. The molecule has 0 aliphatic carbocycles. The molecule has 0 saturated heterocycles. The van der Waals surface area contributed by atoms with Gasteiger partial charge in [-0.2, -0.15) is 0 Å². The van der Waals surface area contributed by atoms with Crippen molar-refractivity contribution in [3.05, 3.63) is 127 Å². The van der Waals surface area contributed by atoms with Crippen molar-refractivity contribution in [1.29, 1.82) is 0 Å². The van der Waals surface area contributed by atoms with Crippen LogP contribution in [0.1, 0.15) is 5.56 Å². The molecule has 0 fully saturated rings. The Bertz CT molecular complexity index is 1440. The lowest BCUT2D eigenvalue weighted by Crippen LogP contribution is -2.51. The number of aromatic nitrogens is 1. The number of nitrogens with zero attached hydrogens (tertiary/aromatic N) is 2. The van der Waals surface area contributed by atoms with Crippen molar-refractivity contribution in [3.63, 3.8) is 0 Å². The Kier molecular flexibility index (Phi) is 5.66. The number of aryl methyl sites for hydroxylation is 2. The van der Waals surface area contributed by atoms with Crippen molar-refractivity contribution >= 4 is 18.8 Å². The van der Waals surface area contributed by atoms with Crippen LogP contribution in [0.4, 0.5) is 11.5 Å². The maximum absolute atomic E-state index is 6.80. The number of hydrogen-bond acceptors (Lipinski definition) is 3. The van der Waals surface area contributed by atoms with Crippen LogP contribution in [0.25, 0.3) is 22.3 Å². The molecule has 174 valence electrons. The van der Waals surface area contributed by atoms with Crippen LogP contribution in [-0.4, -0.2) is 7.25 Å². The number of hydrogen-bond donors (Lipinski definition) is 0. The van der Waals surface area contributed by atoms with E-state index < -0.39 is 7.25 Å². The van der Waals surface area contributed by atoms with Gasteiger partial charge in [0, 0.05) is 17.2 Å². The van der Waals surface area contributed by atoms with Crippen LogP contribution < -0.4 is 18.7 Å². The van der Waals surface area contributed by atoms with Crippen LogP contribution in [0.15, 0.2) is 121 Å². The number of fused-ring (bicyclic) bond motifs is 5. The van der Waals surface area contributed by atoms with Gasteiger partial charge in [0.2, 0.25) is 0 Å². The molecule has 2 heterocycles. The summed E-state index contributed by atoms with van der Waals surface area (Å²) >= 11 is 0. The van der Waals surface area contributed by atoms with Gasteiger partial charge in [-0.15, -0.1) is 0 Å². The molecule has 1 aliphatic heterocycles. The van der Waals surface area contributed by atoms with Crippen LogP contribution >= 0.6 is 0 Å². The third kappa shape index (κ3) is 3.89. The van der Waals surface area contributed by atoms with E-state index in [1.54, 1.807) is 0 Å². The zero-order chi connectivity index (χ0) is 24.5. The average molecular weight is 469 g/mol. The summed E-state index contributed by atoms with van der Waals surface area (Å²) < 4.78 is 15.7. The van der Waals surface area contributed by atoms with E-state index in [0.29, 0.717) is 0 Å². The molecule has 0 unspecified atom stereocenters. The fraction of sp³-hybridized carbons (Fsp3) is 0.0645. The zero-order valence-corrected chi connectivity index (χ0v) is 20.3. The fourth-order valence-electron chi connectivity index (χ4n) is 4.83. The highest BCUT2D eigenvalue weighted by Gasteiger charge is 2.47. The zero-order valence-electron chi connectivity index (χ0n) is 20.3. The van der Waals surface area contributed by atoms with E-state index >= 15 is 0 Å². The molecule has 1 aliphatic rings. The summed E-state index contributed by atoms with van der Waals surface area (Å²) in [7, 11) is 1.27. The van der Waals surface area contributed by atoms with E-state index in [1.807, 2.05) is 61.8 Å². The summed E-state index contributed by atoms with van der Waals surface area (Å²) in [6.07, 6.45) is 2.04. The number of pyridine rings is 1. The van der Waals surface area contributed by atoms with Gasteiger partial charge in [0.15, 0.2) is 0 Å². The van der Waals surface area contributed by atoms with Crippen molar-refractivity contribution in [2.45, 2.75) is 6.92 Å². The summed E-state index contributed by atoms with van der Waals surface area (Å²) in [6, 6.07) is 39.2. The molecule has 5 aromatic rings. The highest BCUT2D eigenvalue weighted by Crippen LogP contribution is 2.43. The minimum atomic E-state index is -0.767. The van der Waals surface area contributed by atoms with Gasteiger partial charge in [-0.3, -0.25) is 0 Å². The van der Waals surface area contributed by atoms with Crippen LogP contribution in [0.5, 0.6) is 11.5 Å². The smallest absolute Gasteiger partial charge is 0.485 e. The SMILES string of the molecule is Cc1ccccc1N(B1Oc2ccccc2-c2ccccc2-c2ccccc2O1)c1cccc[n+]1C. The molecule has 0 spiro atoms. The predicted octanol–water partition coefficient (Wildman–Crippen LogP) is 6.75. The molecule has 0 saturated carbocycles. The van der Waals surface area contributed by atoms with Crippen molar-refractivity contribution < 1.29 is 13.9 Å². The van der Waals surface area contributed by atoms with Gasteiger partial charge in [-0.05, 0) is 47.9 Å². The Morgan fingerprint density at radius 1 is 0.583 bits per heavy atom. The first-order valence-electron chi connectivity index (χ1n) is 12.1. The molecule has 0 N–H and O–H groups in total. The van der Waals surface area contributed by atoms with Gasteiger partial charge in [-0.25, -0.2) is 9.38 Å². The monoisotopic (exact) mass is 469 g/mol. The number of para-hydroxylation sites is 3. The lowest BCUT2D eigenvalue weighted by Gasteiger charge is -2.25. The second-order valence-electron chi connectivity index (χ2n) is 8.91. The van der Waals surface area contributed by atoms with Gasteiger partial charge < -0.3 is 9.31 Å². The Morgan fingerprint density at radius 3 is 1.67 bits per heavy atom. The van der Waals surface area contributed by atoms with E-state index in [9.17, 15) is 0 Å². The maximum Gasteiger partial charge on any atom is 0.872 e. The van der Waals surface area contributed by atoms with Crippen LogP contribution in [-0.2, 0) is 7.05 Å². The first-order valence-corrected chi connectivity index (χ1v) is 12.1. The first-order chi connectivity index (χ1) is 17.7.